The molecule has 4 heteroatoms. The van der Waals surface area contributed by atoms with E-state index in [9.17, 15) is 4.79 Å². The van der Waals surface area contributed by atoms with Crippen LogP contribution in [0.15, 0.2) is 29.2 Å². The molecule has 2 fully saturated rings. The molecular weight excluding hydrogens is 256 g/mol. The van der Waals surface area contributed by atoms with E-state index in [0.29, 0.717) is 10.8 Å². The molecule has 3 atom stereocenters. The van der Waals surface area contributed by atoms with Gasteiger partial charge in [0, 0.05) is 27.8 Å². The van der Waals surface area contributed by atoms with Crippen molar-refractivity contribution in [1.29, 1.82) is 0 Å². The number of piperidine rings is 1. The first-order valence-electron chi connectivity index (χ1n) is 6.92. The van der Waals surface area contributed by atoms with Crippen LogP contribution in [0.3, 0.4) is 0 Å². The van der Waals surface area contributed by atoms with Gasteiger partial charge in [0.25, 0.3) is 0 Å². The molecule has 0 aromatic heterocycles. The molecule has 1 unspecified atom stereocenters. The van der Waals surface area contributed by atoms with Crippen molar-refractivity contribution in [3.63, 3.8) is 0 Å². The SMILES string of the molecule is CN1[C@@H]2CC[C@H]1CC(Sc1ccc(C(N)=O)cc1)C2. The third-order valence-corrected chi connectivity index (χ3v) is 5.76. The van der Waals surface area contributed by atoms with Crippen LogP contribution < -0.4 is 5.73 Å². The van der Waals surface area contributed by atoms with E-state index in [2.05, 4.69) is 11.9 Å². The van der Waals surface area contributed by atoms with Crippen molar-refractivity contribution in [2.24, 2.45) is 5.73 Å². The quantitative estimate of drug-likeness (QED) is 0.922. The zero-order valence-corrected chi connectivity index (χ0v) is 12.0. The Bertz CT molecular complexity index is 460. The van der Waals surface area contributed by atoms with Crippen LogP contribution in [-0.4, -0.2) is 35.2 Å². The predicted molar refractivity (Wildman–Crippen MR) is 78.4 cm³/mol. The molecule has 19 heavy (non-hydrogen) atoms. The molecule has 2 bridgehead atoms. The number of nitrogens with zero attached hydrogens (tertiary/aromatic N) is 1. The van der Waals surface area contributed by atoms with Crippen LogP contribution in [0.5, 0.6) is 0 Å². The molecule has 2 aliphatic rings. The molecule has 1 amide bonds. The van der Waals surface area contributed by atoms with Crippen LogP contribution in [0.25, 0.3) is 0 Å². The first-order valence-corrected chi connectivity index (χ1v) is 7.80. The van der Waals surface area contributed by atoms with E-state index in [1.54, 1.807) is 0 Å². The Morgan fingerprint density at radius 3 is 2.32 bits per heavy atom. The van der Waals surface area contributed by atoms with Gasteiger partial charge in [-0.2, -0.15) is 0 Å². The van der Waals surface area contributed by atoms with E-state index in [4.69, 9.17) is 5.73 Å². The van der Waals surface area contributed by atoms with Crippen LogP contribution in [0.1, 0.15) is 36.0 Å². The summed E-state index contributed by atoms with van der Waals surface area (Å²) in [5, 5.41) is 0.716. The molecule has 0 spiro atoms. The minimum atomic E-state index is -0.353. The molecule has 3 nitrogen and oxygen atoms in total. The number of carbonyl (C=O) groups is 1. The molecule has 2 N–H and O–H groups in total. The van der Waals surface area contributed by atoms with Gasteiger partial charge in [0.15, 0.2) is 0 Å². The number of rotatable bonds is 3. The van der Waals surface area contributed by atoms with Crippen molar-refractivity contribution >= 4 is 17.7 Å². The summed E-state index contributed by atoms with van der Waals surface area (Å²) >= 11 is 1.96. The second kappa shape index (κ2) is 5.17. The number of thioether (sulfide) groups is 1. The summed E-state index contributed by atoms with van der Waals surface area (Å²) in [6.45, 7) is 0. The standard InChI is InChI=1S/C15H20N2OS/c1-17-11-4-5-12(17)9-14(8-11)19-13-6-2-10(3-7-13)15(16)18/h2-3,6-7,11-12,14H,4-5,8-9H2,1H3,(H2,16,18)/t11-,12+,14?. The average Bonchev–Trinajstić information content (AvgIpc) is 2.63. The Labute approximate surface area is 118 Å². The van der Waals surface area contributed by atoms with Crippen molar-refractivity contribution < 1.29 is 4.79 Å². The number of hydrogen-bond donors (Lipinski definition) is 1. The van der Waals surface area contributed by atoms with Crippen molar-refractivity contribution in [2.45, 2.75) is 47.9 Å². The number of primary amides is 1. The fourth-order valence-corrected chi connectivity index (χ4v) is 4.66. The van der Waals surface area contributed by atoms with Gasteiger partial charge in [-0.25, -0.2) is 0 Å². The van der Waals surface area contributed by atoms with Crippen molar-refractivity contribution in [3.05, 3.63) is 29.8 Å². The van der Waals surface area contributed by atoms with Gasteiger partial charge in [-0.1, -0.05) is 0 Å². The molecule has 0 radical (unpaired) electrons. The first-order chi connectivity index (χ1) is 9.13. The van der Waals surface area contributed by atoms with Gasteiger partial charge in [-0.05, 0) is 57.0 Å². The van der Waals surface area contributed by atoms with Crippen LogP contribution in [0.4, 0.5) is 0 Å². The number of benzene rings is 1. The van der Waals surface area contributed by atoms with E-state index in [-0.39, 0.29) is 5.91 Å². The summed E-state index contributed by atoms with van der Waals surface area (Å²) in [5.74, 6) is -0.353. The maximum Gasteiger partial charge on any atom is 0.248 e. The topological polar surface area (TPSA) is 46.3 Å². The molecule has 1 aromatic carbocycles. The minimum Gasteiger partial charge on any atom is -0.366 e. The van der Waals surface area contributed by atoms with Gasteiger partial charge in [-0.3, -0.25) is 4.79 Å². The molecule has 1 aromatic rings. The number of carbonyl (C=O) groups excluding carboxylic acids is 1. The van der Waals surface area contributed by atoms with Gasteiger partial charge in [-0.15, -0.1) is 11.8 Å². The maximum atomic E-state index is 11.0. The Balaban J connectivity index is 1.64. The Morgan fingerprint density at radius 2 is 1.79 bits per heavy atom. The number of nitrogens with two attached hydrogens (primary N) is 1. The van der Waals surface area contributed by atoms with Crippen LogP contribution in [0.2, 0.25) is 0 Å². The fraction of sp³-hybridized carbons (Fsp3) is 0.533. The van der Waals surface area contributed by atoms with Gasteiger partial charge in [0.2, 0.25) is 5.91 Å². The predicted octanol–water partition coefficient (Wildman–Crippen LogP) is 2.50. The molecule has 102 valence electrons. The lowest BCUT2D eigenvalue weighted by Crippen LogP contribution is -2.40. The average molecular weight is 276 g/mol. The molecule has 2 saturated heterocycles. The third-order valence-electron chi connectivity index (χ3n) is 4.50. The number of fused-ring (bicyclic) bond motifs is 2. The highest BCUT2D eigenvalue weighted by atomic mass is 32.2. The van der Waals surface area contributed by atoms with E-state index in [1.165, 1.54) is 30.6 Å². The van der Waals surface area contributed by atoms with Crippen LogP contribution in [-0.2, 0) is 0 Å². The lowest BCUT2D eigenvalue weighted by Gasteiger charge is -2.36. The fourth-order valence-electron chi connectivity index (χ4n) is 3.35. The summed E-state index contributed by atoms with van der Waals surface area (Å²) in [7, 11) is 2.27. The van der Waals surface area contributed by atoms with Gasteiger partial charge < -0.3 is 10.6 Å². The first kappa shape index (κ1) is 13.0. The van der Waals surface area contributed by atoms with E-state index >= 15 is 0 Å². The highest BCUT2D eigenvalue weighted by Gasteiger charge is 2.38. The van der Waals surface area contributed by atoms with E-state index in [0.717, 1.165) is 12.1 Å². The van der Waals surface area contributed by atoms with Gasteiger partial charge in [0.05, 0.1) is 0 Å². The lowest BCUT2D eigenvalue weighted by molar-refractivity contribution is 0.1000. The number of amides is 1. The van der Waals surface area contributed by atoms with Crippen molar-refractivity contribution in [3.8, 4) is 0 Å². The van der Waals surface area contributed by atoms with E-state index < -0.39 is 0 Å². The third kappa shape index (κ3) is 2.65. The Morgan fingerprint density at radius 1 is 1.21 bits per heavy atom. The van der Waals surface area contributed by atoms with Crippen LogP contribution in [0, 0.1) is 0 Å². The largest absolute Gasteiger partial charge is 0.366 e. The molecule has 2 heterocycles. The van der Waals surface area contributed by atoms with E-state index in [1.807, 2.05) is 36.0 Å². The smallest absolute Gasteiger partial charge is 0.248 e. The van der Waals surface area contributed by atoms with Gasteiger partial charge >= 0.3 is 0 Å². The Hall–Kier alpha value is -1.00. The second-order valence-electron chi connectivity index (χ2n) is 5.65. The van der Waals surface area contributed by atoms with Crippen LogP contribution >= 0.6 is 11.8 Å². The molecule has 0 aliphatic carbocycles. The second-order valence-corrected chi connectivity index (χ2v) is 7.02. The van der Waals surface area contributed by atoms with Crippen molar-refractivity contribution in [2.75, 3.05) is 7.05 Å². The highest BCUT2D eigenvalue weighted by Crippen LogP contribution is 2.41. The molecular formula is C15H20N2OS. The molecule has 3 rings (SSSR count). The van der Waals surface area contributed by atoms with Crippen molar-refractivity contribution in [1.82, 2.24) is 4.90 Å². The molecule has 2 aliphatic heterocycles. The normalized spacial score (nSPS) is 30.5. The minimum absolute atomic E-state index is 0.353. The molecule has 0 saturated carbocycles. The summed E-state index contributed by atoms with van der Waals surface area (Å²) in [4.78, 5) is 14.9. The van der Waals surface area contributed by atoms with Gasteiger partial charge in [0.1, 0.15) is 0 Å². The summed E-state index contributed by atoms with van der Waals surface area (Å²) in [6, 6.07) is 9.25. The summed E-state index contributed by atoms with van der Waals surface area (Å²) in [6.07, 6.45) is 5.29. The zero-order valence-electron chi connectivity index (χ0n) is 11.2. The Kier molecular flexibility index (Phi) is 3.54. The monoisotopic (exact) mass is 276 g/mol. The lowest BCUT2D eigenvalue weighted by atomic mass is 10.0. The zero-order chi connectivity index (χ0) is 13.4. The number of hydrogen-bond acceptors (Lipinski definition) is 3. The maximum absolute atomic E-state index is 11.0. The summed E-state index contributed by atoms with van der Waals surface area (Å²) in [5.41, 5.74) is 5.85. The summed E-state index contributed by atoms with van der Waals surface area (Å²) < 4.78 is 0. The highest BCUT2D eigenvalue weighted by molar-refractivity contribution is 8.00.